The van der Waals surface area contributed by atoms with E-state index in [1.807, 2.05) is 0 Å². The number of carbonyl (C=O) groups excluding carboxylic acids is 1. The number of hydrogen-bond donors (Lipinski definition) is 2. The zero-order chi connectivity index (χ0) is 25.2. The minimum absolute atomic E-state index is 0.132. The fraction of sp³-hybridized carbons (Fsp3) is 0.280. The number of nitrogens with one attached hydrogen (secondary N) is 1. The molecule has 0 saturated heterocycles. The highest BCUT2D eigenvalue weighted by atomic mass is 19.4. The van der Waals surface area contributed by atoms with Crippen molar-refractivity contribution in [2.75, 3.05) is 6.61 Å². The molecule has 1 amide bonds. The Morgan fingerprint density at radius 1 is 1.26 bits per heavy atom. The summed E-state index contributed by atoms with van der Waals surface area (Å²) >= 11 is 0. The number of fused-ring (bicyclic) bond motifs is 1. The minimum atomic E-state index is -4.48. The lowest BCUT2D eigenvalue weighted by atomic mass is 10.0. The predicted molar refractivity (Wildman–Crippen MR) is 121 cm³/mol. The highest BCUT2D eigenvalue weighted by Gasteiger charge is 2.31. The summed E-state index contributed by atoms with van der Waals surface area (Å²) in [5.74, 6) is -0.511. The summed E-state index contributed by atoms with van der Waals surface area (Å²) in [5, 5.41) is 16.8. The van der Waals surface area contributed by atoms with E-state index in [1.165, 1.54) is 24.3 Å². The molecule has 4 rings (SSSR count). The van der Waals surface area contributed by atoms with Gasteiger partial charge in [-0.05, 0) is 61.4 Å². The van der Waals surface area contributed by atoms with Crippen molar-refractivity contribution in [3.05, 3.63) is 83.8 Å². The second-order valence-corrected chi connectivity index (χ2v) is 8.23. The number of amides is 1. The van der Waals surface area contributed by atoms with E-state index in [1.54, 1.807) is 42.1 Å². The van der Waals surface area contributed by atoms with Gasteiger partial charge in [0.05, 0.1) is 29.4 Å². The Balaban J connectivity index is 1.61. The van der Waals surface area contributed by atoms with Crippen molar-refractivity contribution in [1.82, 2.24) is 15.1 Å². The van der Waals surface area contributed by atoms with E-state index in [2.05, 4.69) is 10.4 Å². The molecule has 0 aliphatic heterocycles. The molecule has 35 heavy (non-hydrogen) atoms. The summed E-state index contributed by atoms with van der Waals surface area (Å²) < 4.78 is 60.2. The number of nitrogens with zero attached hydrogens (tertiary/aromatic N) is 2. The van der Waals surface area contributed by atoms with Crippen LogP contribution in [0.15, 0.2) is 72.7 Å². The van der Waals surface area contributed by atoms with Gasteiger partial charge in [-0.25, -0.2) is 4.39 Å². The maximum atomic E-state index is 13.3. The maximum Gasteiger partial charge on any atom is 0.416 e. The average molecular weight is 489 g/mol. The molecule has 6 nitrogen and oxygen atoms in total. The number of carbonyl (C=O) groups is 1. The van der Waals surface area contributed by atoms with Crippen molar-refractivity contribution in [2.45, 2.75) is 37.7 Å². The normalized spacial score (nSPS) is 17.7. The van der Waals surface area contributed by atoms with Crippen molar-refractivity contribution < 1.29 is 32.2 Å². The van der Waals surface area contributed by atoms with Gasteiger partial charge in [-0.2, -0.15) is 18.3 Å². The van der Waals surface area contributed by atoms with E-state index < -0.39 is 36.4 Å². The Labute approximate surface area is 198 Å². The molecular weight excluding hydrogens is 466 g/mol. The molecule has 2 N–H and O–H groups in total. The summed E-state index contributed by atoms with van der Waals surface area (Å²) in [4.78, 5) is 11.7. The van der Waals surface area contributed by atoms with E-state index in [0.29, 0.717) is 17.7 Å². The Kier molecular flexibility index (Phi) is 6.93. The fourth-order valence-corrected chi connectivity index (χ4v) is 3.98. The first-order valence-corrected chi connectivity index (χ1v) is 10.9. The van der Waals surface area contributed by atoms with Crippen LogP contribution in [0.3, 0.4) is 0 Å². The van der Waals surface area contributed by atoms with Crippen LogP contribution >= 0.6 is 0 Å². The number of rotatable bonds is 7. The fourth-order valence-electron chi connectivity index (χ4n) is 3.98. The van der Waals surface area contributed by atoms with E-state index in [-0.39, 0.29) is 11.9 Å². The second kappa shape index (κ2) is 9.91. The summed E-state index contributed by atoms with van der Waals surface area (Å²) in [6, 6.07) is 8.93. The van der Waals surface area contributed by atoms with Crippen LogP contribution in [0.1, 0.15) is 36.6 Å². The molecule has 1 aliphatic carbocycles. The van der Waals surface area contributed by atoms with Gasteiger partial charge in [0.1, 0.15) is 24.3 Å². The molecule has 1 heterocycles. The van der Waals surface area contributed by atoms with E-state index in [4.69, 9.17) is 9.84 Å². The van der Waals surface area contributed by atoms with Gasteiger partial charge in [0, 0.05) is 5.39 Å². The van der Waals surface area contributed by atoms with Crippen LogP contribution in [0.5, 0.6) is 5.75 Å². The molecule has 184 valence electrons. The summed E-state index contributed by atoms with van der Waals surface area (Å²) in [6.07, 6.45) is 1.42. The SMILES string of the molecule is C[C@H](NC(=O)CO)[C@H](Oc1ccc2c(cnn2C2C=CC(F)=CC2)c1)c1ccc(C(F)(F)F)cc1. The number of aliphatic hydroxyl groups excluding tert-OH is 1. The number of alkyl halides is 3. The topological polar surface area (TPSA) is 76.4 Å². The van der Waals surface area contributed by atoms with Crippen LogP contribution in [-0.2, 0) is 11.0 Å². The molecule has 0 fully saturated rings. The lowest BCUT2D eigenvalue weighted by Crippen LogP contribution is -2.40. The van der Waals surface area contributed by atoms with Gasteiger partial charge < -0.3 is 15.2 Å². The van der Waals surface area contributed by atoms with Gasteiger partial charge in [0.2, 0.25) is 5.91 Å². The zero-order valence-corrected chi connectivity index (χ0v) is 18.7. The first kappa shape index (κ1) is 24.5. The van der Waals surface area contributed by atoms with Gasteiger partial charge in [0.25, 0.3) is 0 Å². The third-order valence-corrected chi connectivity index (χ3v) is 5.73. The molecule has 3 aromatic rings. The largest absolute Gasteiger partial charge is 0.484 e. The van der Waals surface area contributed by atoms with Crippen LogP contribution in [-0.4, -0.2) is 33.4 Å². The third kappa shape index (κ3) is 5.54. The second-order valence-electron chi connectivity index (χ2n) is 8.23. The molecule has 1 unspecified atom stereocenters. The molecule has 1 aromatic heterocycles. The van der Waals surface area contributed by atoms with Crippen LogP contribution in [0.25, 0.3) is 10.9 Å². The molecule has 1 aliphatic rings. The molecular formula is C25H23F4N3O3. The number of aliphatic hydroxyl groups is 1. The Morgan fingerprint density at radius 2 is 2.00 bits per heavy atom. The molecule has 0 spiro atoms. The quantitative estimate of drug-likeness (QED) is 0.457. The maximum absolute atomic E-state index is 13.3. The first-order chi connectivity index (χ1) is 16.7. The van der Waals surface area contributed by atoms with Gasteiger partial charge in [-0.15, -0.1) is 0 Å². The van der Waals surface area contributed by atoms with Crippen LogP contribution in [0.4, 0.5) is 17.6 Å². The number of allylic oxidation sites excluding steroid dienone is 4. The molecule has 3 atom stereocenters. The molecule has 0 radical (unpaired) electrons. The third-order valence-electron chi connectivity index (χ3n) is 5.73. The van der Waals surface area contributed by atoms with Crippen LogP contribution < -0.4 is 10.1 Å². The Bertz CT molecular complexity index is 1270. The molecule has 0 bridgehead atoms. The molecule has 10 heteroatoms. The lowest BCUT2D eigenvalue weighted by Gasteiger charge is -2.27. The van der Waals surface area contributed by atoms with Gasteiger partial charge in [-0.3, -0.25) is 9.48 Å². The molecule has 0 saturated carbocycles. The van der Waals surface area contributed by atoms with E-state index in [0.717, 1.165) is 23.0 Å². The zero-order valence-electron chi connectivity index (χ0n) is 18.7. The van der Waals surface area contributed by atoms with Gasteiger partial charge in [-0.1, -0.05) is 18.2 Å². The van der Waals surface area contributed by atoms with Gasteiger partial charge in [0.15, 0.2) is 0 Å². The predicted octanol–water partition coefficient (Wildman–Crippen LogP) is 5.03. The van der Waals surface area contributed by atoms with Crippen LogP contribution in [0, 0.1) is 0 Å². The summed E-state index contributed by atoms with van der Waals surface area (Å²) in [7, 11) is 0. The Morgan fingerprint density at radius 3 is 2.63 bits per heavy atom. The highest BCUT2D eigenvalue weighted by Crippen LogP contribution is 2.33. The smallest absolute Gasteiger partial charge is 0.416 e. The molecule has 2 aromatic carbocycles. The van der Waals surface area contributed by atoms with Crippen molar-refractivity contribution >= 4 is 16.8 Å². The van der Waals surface area contributed by atoms with Crippen molar-refractivity contribution in [2.24, 2.45) is 0 Å². The summed E-state index contributed by atoms with van der Waals surface area (Å²) in [6.45, 7) is 0.901. The number of halogens is 4. The van der Waals surface area contributed by atoms with E-state index >= 15 is 0 Å². The van der Waals surface area contributed by atoms with Gasteiger partial charge >= 0.3 is 6.18 Å². The number of hydrogen-bond acceptors (Lipinski definition) is 4. The van der Waals surface area contributed by atoms with Crippen molar-refractivity contribution in [1.29, 1.82) is 0 Å². The Hall–Kier alpha value is -3.66. The minimum Gasteiger partial charge on any atom is -0.484 e. The van der Waals surface area contributed by atoms with E-state index in [9.17, 15) is 22.4 Å². The summed E-state index contributed by atoms with van der Waals surface area (Å²) in [5.41, 5.74) is 0.420. The lowest BCUT2D eigenvalue weighted by molar-refractivity contribution is -0.137. The highest BCUT2D eigenvalue weighted by molar-refractivity contribution is 5.80. The van der Waals surface area contributed by atoms with Crippen LogP contribution in [0.2, 0.25) is 0 Å². The first-order valence-electron chi connectivity index (χ1n) is 10.9. The number of aromatic nitrogens is 2. The number of ether oxygens (including phenoxy) is 1. The van der Waals surface area contributed by atoms with Crippen molar-refractivity contribution in [3.63, 3.8) is 0 Å². The standard InChI is InChI=1S/C25H23F4N3O3/c1-15(31-23(34)14-33)24(16-2-4-18(5-3-16)25(27,28)29)35-21-10-11-22-17(12-21)13-30-32(22)20-8-6-19(26)7-9-20/h2-8,10-13,15,20,24,33H,9,14H2,1H3,(H,31,34)/t15-,20?,24-/m0/s1. The monoisotopic (exact) mass is 489 g/mol. The van der Waals surface area contributed by atoms with Crippen molar-refractivity contribution in [3.8, 4) is 5.75 Å². The average Bonchev–Trinajstić information content (AvgIpc) is 3.25. The number of benzene rings is 2.